The van der Waals surface area contributed by atoms with Crippen LogP contribution < -0.4 is 0 Å². The lowest BCUT2D eigenvalue weighted by molar-refractivity contribution is 0.0641. The van der Waals surface area contributed by atoms with Crippen molar-refractivity contribution >= 4 is 5.91 Å². The summed E-state index contributed by atoms with van der Waals surface area (Å²) in [6.07, 6.45) is 3.29. The van der Waals surface area contributed by atoms with Crippen LogP contribution in [0.3, 0.4) is 0 Å². The molecule has 1 amide bonds. The molecule has 3 rings (SSSR count). The molecule has 1 aromatic heterocycles. The van der Waals surface area contributed by atoms with Crippen molar-refractivity contribution in [3.8, 4) is 0 Å². The first-order chi connectivity index (χ1) is 12.0. The molecule has 1 saturated heterocycles. The van der Waals surface area contributed by atoms with E-state index in [1.807, 2.05) is 43.3 Å². The molecule has 2 aromatic rings. The molecular formula is C20H26N2O3. The van der Waals surface area contributed by atoms with Gasteiger partial charge in [-0.3, -0.25) is 4.79 Å². The Balaban J connectivity index is 1.66. The molecule has 134 valence electrons. The van der Waals surface area contributed by atoms with Crippen molar-refractivity contribution in [3.63, 3.8) is 0 Å². The van der Waals surface area contributed by atoms with Gasteiger partial charge < -0.3 is 19.3 Å². The van der Waals surface area contributed by atoms with Crippen LogP contribution in [0.5, 0.6) is 0 Å². The molecule has 1 fully saturated rings. The third-order valence-electron chi connectivity index (χ3n) is 4.70. The average molecular weight is 342 g/mol. The lowest BCUT2D eigenvalue weighted by atomic mass is 10.0. The van der Waals surface area contributed by atoms with E-state index in [0.29, 0.717) is 17.7 Å². The molecule has 2 heterocycles. The maximum absolute atomic E-state index is 12.9. The predicted molar refractivity (Wildman–Crippen MR) is 96.2 cm³/mol. The van der Waals surface area contributed by atoms with Gasteiger partial charge in [0.25, 0.3) is 5.91 Å². The van der Waals surface area contributed by atoms with Crippen molar-refractivity contribution in [1.29, 1.82) is 0 Å². The number of hydrogen-bond acceptors (Lipinski definition) is 4. The number of likely N-dealkylation sites (tertiary alicyclic amines) is 1. The van der Waals surface area contributed by atoms with Gasteiger partial charge in [0, 0.05) is 31.1 Å². The Bertz CT molecular complexity index is 679. The van der Waals surface area contributed by atoms with Crippen LogP contribution in [0.4, 0.5) is 0 Å². The minimum absolute atomic E-state index is 0.0468. The number of rotatable bonds is 6. The molecule has 0 saturated carbocycles. The number of carbonyl (C=O) groups excluding carboxylic acids is 1. The first-order valence-electron chi connectivity index (χ1n) is 8.80. The van der Waals surface area contributed by atoms with E-state index in [1.54, 1.807) is 18.4 Å². The molecule has 25 heavy (non-hydrogen) atoms. The minimum atomic E-state index is -0.670. The third-order valence-corrected chi connectivity index (χ3v) is 4.70. The zero-order valence-corrected chi connectivity index (χ0v) is 14.9. The quantitative estimate of drug-likeness (QED) is 0.876. The highest BCUT2D eigenvalue weighted by Crippen LogP contribution is 2.28. The largest absolute Gasteiger partial charge is 0.467 e. The van der Waals surface area contributed by atoms with E-state index in [0.717, 1.165) is 25.9 Å². The molecule has 1 aliphatic rings. The van der Waals surface area contributed by atoms with Crippen LogP contribution in [0.2, 0.25) is 0 Å². The fourth-order valence-corrected chi connectivity index (χ4v) is 3.49. The summed E-state index contributed by atoms with van der Waals surface area (Å²) in [5.74, 6) is 0.609. The van der Waals surface area contributed by atoms with E-state index in [1.165, 1.54) is 5.56 Å². The SMILES string of the molecule is CN(C)Cc1ccc(C(=O)N2CCCC2CC(O)c2ccco2)cc1. The Hall–Kier alpha value is -2.11. The van der Waals surface area contributed by atoms with E-state index < -0.39 is 6.10 Å². The Morgan fingerprint density at radius 3 is 2.72 bits per heavy atom. The average Bonchev–Trinajstić information content (AvgIpc) is 3.26. The van der Waals surface area contributed by atoms with Gasteiger partial charge in [-0.25, -0.2) is 0 Å². The van der Waals surface area contributed by atoms with Gasteiger partial charge in [-0.15, -0.1) is 0 Å². The summed E-state index contributed by atoms with van der Waals surface area (Å²) in [6.45, 7) is 1.60. The fraction of sp³-hybridized carbons (Fsp3) is 0.450. The molecule has 5 nitrogen and oxygen atoms in total. The van der Waals surface area contributed by atoms with Gasteiger partial charge in [0.15, 0.2) is 0 Å². The number of furan rings is 1. The number of aliphatic hydroxyl groups excluding tert-OH is 1. The van der Waals surface area contributed by atoms with Crippen LogP contribution in [0.1, 0.15) is 47.0 Å². The molecular weight excluding hydrogens is 316 g/mol. The summed E-state index contributed by atoms with van der Waals surface area (Å²) in [5, 5.41) is 10.3. The molecule has 0 aliphatic carbocycles. The Morgan fingerprint density at radius 1 is 1.32 bits per heavy atom. The molecule has 1 aromatic carbocycles. The van der Waals surface area contributed by atoms with Crippen LogP contribution in [0.15, 0.2) is 47.1 Å². The summed E-state index contributed by atoms with van der Waals surface area (Å²) in [7, 11) is 4.05. The first-order valence-corrected chi connectivity index (χ1v) is 8.80. The highest BCUT2D eigenvalue weighted by atomic mass is 16.4. The van der Waals surface area contributed by atoms with Crippen LogP contribution >= 0.6 is 0 Å². The van der Waals surface area contributed by atoms with Crippen molar-refractivity contribution < 1.29 is 14.3 Å². The number of aliphatic hydroxyl groups is 1. The molecule has 2 unspecified atom stereocenters. The molecule has 2 atom stereocenters. The monoisotopic (exact) mass is 342 g/mol. The lowest BCUT2D eigenvalue weighted by Crippen LogP contribution is -2.36. The second-order valence-electron chi connectivity index (χ2n) is 7.00. The van der Waals surface area contributed by atoms with Gasteiger partial charge in [0.05, 0.1) is 6.26 Å². The number of nitrogens with zero attached hydrogens (tertiary/aromatic N) is 2. The lowest BCUT2D eigenvalue weighted by Gasteiger charge is -2.26. The number of amides is 1. The normalized spacial score (nSPS) is 18.7. The third kappa shape index (κ3) is 4.30. The summed E-state index contributed by atoms with van der Waals surface area (Å²) < 4.78 is 5.27. The summed E-state index contributed by atoms with van der Waals surface area (Å²) in [6, 6.07) is 11.4. The van der Waals surface area contributed by atoms with Gasteiger partial charge in [0.1, 0.15) is 11.9 Å². The summed E-state index contributed by atoms with van der Waals surface area (Å²) in [4.78, 5) is 16.9. The maximum Gasteiger partial charge on any atom is 0.254 e. The van der Waals surface area contributed by atoms with Crippen molar-refractivity contribution in [2.75, 3.05) is 20.6 Å². The molecule has 5 heteroatoms. The van der Waals surface area contributed by atoms with Crippen molar-refractivity contribution in [3.05, 3.63) is 59.5 Å². The molecule has 0 radical (unpaired) electrons. The topological polar surface area (TPSA) is 56.9 Å². The predicted octanol–water partition coefficient (Wildman–Crippen LogP) is 3.07. The summed E-state index contributed by atoms with van der Waals surface area (Å²) in [5.41, 5.74) is 1.90. The molecule has 0 bridgehead atoms. The van der Waals surface area contributed by atoms with E-state index in [4.69, 9.17) is 4.42 Å². The summed E-state index contributed by atoms with van der Waals surface area (Å²) >= 11 is 0. The van der Waals surface area contributed by atoms with Gasteiger partial charge in [-0.05, 0) is 56.8 Å². The second kappa shape index (κ2) is 7.85. The number of hydrogen-bond donors (Lipinski definition) is 1. The Morgan fingerprint density at radius 2 is 2.08 bits per heavy atom. The Kier molecular flexibility index (Phi) is 5.56. The highest BCUT2D eigenvalue weighted by molar-refractivity contribution is 5.94. The maximum atomic E-state index is 12.9. The molecule has 1 N–H and O–H groups in total. The zero-order chi connectivity index (χ0) is 17.8. The second-order valence-corrected chi connectivity index (χ2v) is 7.00. The Labute approximate surface area is 148 Å². The van der Waals surface area contributed by atoms with Crippen molar-refractivity contribution in [2.45, 2.75) is 38.0 Å². The van der Waals surface area contributed by atoms with Crippen LogP contribution in [0.25, 0.3) is 0 Å². The van der Waals surface area contributed by atoms with Gasteiger partial charge in [-0.2, -0.15) is 0 Å². The van der Waals surface area contributed by atoms with Crippen molar-refractivity contribution in [1.82, 2.24) is 9.80 Å². The van der Waals surface area contributed by atoms with Crippen LogP contribution in [-0.2, 0) is 6.54 Å². The van der Waals surface area contributed by atoms with E-state index >= 15 is 0 Å². The van der Waals surface area contributed by atoms with E-state index in [9.17, 15) is 9.90 Å². The van der Waals surface area contributed by atoms with Gasteiger partial charge in [-0.1, -0.05) is 12.1 Å². The molecule has 1 aliphatic heterocycles. The van der Waals surface area contributed by atoms with Gasteiger partial charge in [0.2, 0.25) is 0 Å². The van der Waals surface area contributed by atoms with E-state index in [-0.39, 0.29) is 11.9 Å². The fourth-order valence-electron chi connectivity index (χ4n) is 3.49. The molecule has 0 spiro atoms. The smallest absolute Gasteiger partial charge is 0.254 e. The standard InChI is InChI=1S/C20H26N2O3/c1-21(2)14-15-7-9-16(10-8-15)20(24)22-11-3-5-17(22)13-18(23)19-6-4-12-25-19/h4,6-10,12,17-18,23H,3,5,11,13-14H2,1-2H3. The van der Waals surface area contributed by atoms with Crippen molar-refractivity contribution in [2.24, 2.45) is 0 Å². The number of carbonyl (C=O) groups is 1. The minimum Gasteiger partial charge on any atom is -0.467 e. The van der Waals surface area contributed by atoms with E-state index in [2.05, 4.69) is 4.90 Å². The first kappa shape index (κ1) is 17.7. The van der Waals surface area contributed by atoms with Gasteiger partial charge >= 0.3 is 0 Å². The highest BCUT2D eigenvalue weighted by Gasteiger charge is 2.31. The number of benzene rings is 1. The zero-order valence-electron chi connectivity index (χ0n) is 14.9. The van der Waals surface area contributed by atoms with Crippen LogP contribution in [-0.4, -0.2) is 47.5 Å². The van der Waals surface area contributed by atoms with Crippen LogP contribution in [0, 0.1) is 0 Å².